The number of anilines is 1. The summed E-state index contributed by atoms with van der Waals surface area (Å²) in [7, 11) is 0. The van der Waals surface area contributed by atoms with Crippen molar-refractivity contribution in [3.05, 3.63) is 58.9 Å². The van der Waals surface area contributed by atoms with Crippen molar-refractivity contribution >= 4 is 11.6 Å². The van der Waals surface area contributed by atoms with E-state index in [1.54, 1.807) is 25.1 Å². The summed E-state index contributed by atoms with van der Waals surface area (Å²) in [6, 6.07) is 10.1. The average Bonchev–Trinajstić information content (AvgIpc) is 2.93. The molecule has 1 fully saturated rings. The normalized spacial score (nSPS) is 23.4. The van der Waals surface area contributed by atoms with Crippen LogP contribution in [0.1, 0.15) is 48.8 Å². The van der Waals surface area contributed by atoms with E-state index in [1.807, 2.05) is 12.1 Å². The molecular formula is C21H22FNO2. The molecular weight excluding hydrogens is 317 g/mol. The van der Waals surface area contributed by atoms with Crippen molar-refractivity contribution in [1.82, 2.24) is 0 Å². The number of hydrogen-bond donors (Lipinski definition) is 2. The van der Waals surface area contributed by atoms with Gasteiger partial charge < -0.3 is 10.4 Å². The van der Waals surface area contributed by atoms with Gasteiger partial charge in [-0.05, 0) is 55.0 Å². The Morgan fingerprint density at radius 3 is 2.44 bits per heavy atom. The number of hydrogen-bond acceptors (Lipinski definition) is 2. The SMILES string of the molecule is Cc1c(F)ccc2c1NC(=O)C2(c1ccc(O)cc1)C1CCCCC1. The number of phenolic OH excluding ortho intramolecular Hbond substituents is 1. The number of carbonyl (C=O) groups excluding carboxylic acids is 1. The van der Waals surface area contributed by atoms with E-state index in [9.17, 15) is 14.3 Å². The lowest BCUT2D eigenvalue weighted by atomic mass is 9.62. The van der Waals surface area contributed by atoms with E-state index < -0.39 is 5.41 Å². The quantitative estimate of drug-likeness (QED) is 0.836. The molecule has 130 valence electrons. The lowest BCUT2D eigenvalue weighted by Gasteiger charge is -2.39. The first kappa shape index (κ1) is 16.1. The summed E-state index contributed by atoms with van der Waals surface area (Å²) in [6.45, 7) is 1.71. The first-order valence-corrected chi connectivity index (χ1v) is 8.95. The number of fused-ring (bicyclic) bond motifs is 1. The molecule has 1 unspecified atom stereocenters. The fourth-order valence-electron chi connectivity index (χ4n) is 4.70. The molecule has 1 aliphatic carbocycles. The molecule has 0 aromatic heterocycles. The van der Waals surface area contributed by atoms with Gasteiger partial charge in [0.25, 0.3) is 0 Å². The highest BCUT2D eigenvalue weighted by atomic mass is 19.1. The van der Waals surface area contributed by atoms with Crippen molar-refractivity contribution in [3.8, 4) is 5.75 Å². The van der Waals surface area contributed by atoms with Crippen LogP contribution in [-0.4, -0.2) is 11.0 Å². The second-order valence-corrected chi connectivity index (χ2v) is 7.24. The molecule has 1 aliphatic heterocycles. The Hall–Kier alpha value is -2.36. The molecule has 0 radical (unpaired) electrons. The number of aromatic hydroxyl groups is 1. The van der Waals surface area contributed by atoms with Gasteiger partial charge >= 0.3 is 0 Å². The third kappa shape index (κ3) is 2.27. The summed E-state index contributed by atoms with van der Waals surface area (Å²) in [4.78, 5) is 13.3. The topological polar surface area (TPSA) is 49.3 Å². The van der Waals surface area contributed by atoms with Crippen LogP contribution < -0.4 is 5.32 Å². The highest BCUT2D eigenvalue weighted by Gasteiger charge is 2.53. The minimum Gasteiger partial charge on any atom is -0.508 e. The summed E-state index contributed by atoms with van der Waals surface area (Å²) >= 11 is 0. The fraction of sp³-hybridized carbons (Fsp3) is 0.381. The minimum atomic E-state index is -0.804. The van der Waals surface area contributed by atoms with Crippen LogP contribution in [0.4, 0.5) is 10.1 Å². The van der Waals surface area contributed by atoms with Crippen molar-refractivity contribution in [1.29, 1.82) is 0 Å². The van der Waals surface area contributed by atoms with Gasteiger partial charge in [-0.1, -0.05) is 37.5 Å². The van der Waals surface area contributed by atoms with E-state index >= 15 is 0 Å². The molecule has 3 nitrogen and oxygen atoms in total. The third-order valence-electron chi connectivity index (χ3n) is 5.96. The first-order valence-electron chi connectivity index (χ1n) is 8.95. The second-order valence-electron chi connectivity index (χ2n) is 7.24. The number of carbonyl (C=O) groups is 1. The molecule has 2 aromatic rings. The maximum atomic E-state index is 14.1. The summed E-state index contributed by atoms with van der Waals surface area (Å²) in [5, 5.41) is 12.7. The van der Waals surface area contributed by atoms with E-state index in [4.69, 9.17) is 0 Å². The van der Waals surface area contributed by atoms with Gasteiger partial charge in [-0.25, -0.2) is 4.39 Å². The van der Waals surface area contributed by atoms with Crippen LogP contribution in [0.2, 0.25) is 0 Å². The zero-order valence-electron chi connectivity index (χ0n) is 14.3. The molecule has 4 rings (SSSR count). The molecule has 0 bridgehead atoms. The fourth-order valence-corrected chi connectivity index (χ4v) is 4.70. The van der Waals surface area contributed by atoms with Crippen molar-refractivity contribution < 1.29 is 14.3 Å². The zero-order valence-corrected chi connectivity index (χ0v) is 14.3. The van der Waals surface area contributed by atoms with Crippen LogP contribution in [0.3, 0.4) is 0 Å². The molecule has 2 N–H and O–H groups in total. The molecule has 1 atom stereocenters. The van der Waals surface area contributed by atoms with Gasteiger partial charge in [0.1, 0.15) is 17.0 Å². The van der Waals surface area contributed by atoms with Crippen molar-refractivity contribution in [2.24, 2.45) is 5.92 Å². The van der Waals surface area contributed by atoms with E-state index in [0.29, 0.717) is 11.3 Å². The van der Waals surface area contributed by atoms with Gasteiger partial charge in [0.2, 0.25) is 5.91 Å². The molecule has 0 spiro atoms. The number of nitrogens with one attached hydrogen (secondary N) is 1. The lowest BCUT2D eigenvalue weighted by molar-refractivity contribution is -0.121. The number of halogens is 1. The molecule has 2 aromatic carbocycles. The van der Waals surface area contributed by atoms with Crippen molar-refractivity contribution in [3.63, 3.8) is 0 Å². The molecule has 4 heteroatoms. The van der Waals surface area contributed by atoms with Gasteiger partial charge in [0, 0.05) is 5.56 Å². The Bertz CT molecular complexity index is 825. The number of amides is 1. The lowest BCUT2D eigenvalue weighted by Crippen LogP contribution is -2.43. The van der Waals surface area contributed by atoms with E-state index in [-0.39, 0.29) is 23.4 Å². The second kappa shape index (κ2) is 5.87. The third-order valence-corrected chi connectivity index (χ3v) is 5.96. The Morgan fingerprint density at radius 2 is 1.76 bits per heavy atom. The molecule has 1 heterocycles. The van der Waals surface area contributed by atoms with Crippen LogP contribution >= 0.6 is 0 Å². The monoisotopic (exact) mass is 339 g/mol. The zero-order chi connectivity index (χ0) is 17.6. The van der Waals surface area contributed by atoms with Crippen LogP contribution in [0, 0.1) is 18.7 Å². The van der Waals surface area contributed by atoms with Gasteiger partial charge in [0.15, 0.2) is 0 Å². The van der Waals surface area contributed by atoms with Gasteiger partial charge in [-0.3, -0.25) is 4.79 Å². The smallest absolute Gasteiger partial charge is 0.239 e. The number of phenols is 1. The van der Waals surface area contributed by atoms with Crippen molar-refractivity contribution in [2.45, 2.75) is 44.4 Å². The van der Waals surface area contributed by atoms with Crippen molar-refractivity contribution in [2.75, 3.05) is 5.32 Å². The van der Waals surface area contributed by atoms with E-state index in [0.717, 1.165) is 36.8 Å². The number of rotatable bonds is 2. The largest absolute Gasteiger partial charge is 0.508 e. The van der Waals surface area contributed by atoms with Crippen LogP contribution in [0.5, 0.6) is 5.75 Å². The maximum Gasteiger partial charge on any atom is 0.239 e. The summed E-state index contributed by atoms with van der Waals surface area (Å²) in [5.41, 5.74) is 2.04. The predicted octanol–water partition coefficient (Wildman–Crippen LogP) is 4.66. The Morgan fingerprint density at radius 1 is 1.08 bits per heavy atom. The summed E-state index contributed by atoms with van der Waals surface area (Å²) in [5.74, 6) is -0.0219. The van der Waals surface area contributed by atoms with Gasteiger partial charge in [-0.15, -0.1) is 0 Å². The maximum absolute atomic E-state index is 14.1. The number of benzene rings is 2. The summed E-state index contributed by atoms with van der Waals surface area (Å²) < 4.78 is 14.1. The van der Waals surface area contributed by atoms with Crippen LogP contribution in [-0.2, 0) is 10.2 Å². The van der Waals surface area contributed by atoms with Gasteiger partial charge in [-0.2, -0.15) is 0 Å². The average molecular weight is 339 g/mol. The Balaban J connectivity index is 1.98. The van der Waals surface area contributed by atoms with E-state index in [1.165, 1.54) is 12.5 Å². The molecule has 2 aliphatic rings. The summed E-state index contributed by atoms with van der Waals surface area (Å²) in [6.07, 6.45) is 5.36. The predicted molar refractivity (Wildman–Crippen MR) is 95.2 cm³/mol. The van der Waals surface area contributed by atoms with Gasteiger partial charge in [0.05, 0.1) is 5.69 Å². The standard InChI is InChI=1S/C21H22FNO2/c1-13-18(22)12-11-17-19(13)23-20(25)21(17,14-5-3-2-4-6-14)15-7-9-16(24)10-8-15/h7-12,14,24H,2-6H2,1H3,(H,23,25). The Kier molecular flexibility index (Phi) is 3.78. The highest BCUT2D eigenvalue weighted by molar-refractivity contribution is 6.09. The minimum absolute atomic E-state index is 0.0752. The molecule has 25 heavy (non-hydrogen) atoms. The highest BCUT2D eigenvalue weighted by Crippen LogP contribution is 2.53. The van der Waals surface area contributed by atoms with Crippen LogP contribution in [0.15, 0.2) is 36.4 Å². The molecule has 0 saturated heterocycles. The molecule has 1 saturated carbocycles. The van der Waals surface area contributed by atoms with E-state index in [2.05, 4.69) is 5.32 Å². The van der Waals surface area contributed by atoms with Crippen LogP contribution in [0.25, 0.3) is 0 Å². The first-order chi connectivity index (χ1) is 12.0. The molecule has 1 amide bonds. The Labute approximate surface area is 146 Å².